The van der Waals surface area contributed by atoms with Gasteiger partial charge in [-0.05, 0) is 18.9 Å². The molecule has 0 unspecified atom stereocenters. The average molecular weight is 386 g/mol. The van der Waals surface area contributed by atoms with Crippen LogP contribution in [0.15, 0.2) is 17.1 Å². The van der Waals surface area contributed by atoms with Crippen LogP contribution in [0.2, 0.25) is 0 Å². The van der Waals surface area contributed by atoms with Crippen molar-refractivity contribution >= 4 is 22.8 Å². The Bertz CT molecular complexity index is 1070. The zero-order valence-electron chi connectivity index (χ0n) is 15.9. The van der Waals surface area contributed by atoms with Gasteiger partial charge in [0.2, 0.25) is 5.88 Å². The van der Waals surface area contributed by atoms with Gasteiger partial charge < -0.3 is 14.8 Å². The molecule has 10 heteroatoms. The average Bonchev–Trinajstić information content (AvgIpc) is 2.96. The molecule has 0 aliphatic carbocycles. The molecule has 1 amide bonds. The topological polar surface area (TPSA) is 135 Å². The maximum atomic E-state index is 12.7. The molecule has 3 aromatic rings. The minimum Gasteiger partial charge on any atom is -0.477 e. The molecule has 0 bridgehead atoms. The lowest BCUT2D eigenvalue weighted by molar-refractivity contribution is 0.209. The first-order valence-electron chi connectivity index (χ1n) is 9.03. The molecule has 3 heterocycles. The fourth-order valence-electron chi connectivity index (χ4n) is 2.91. The van der Waals surface area contributed by atoms with E-state index in [0.717, 1.165) is 18.5 Å². The number of fused-ring (bicyclic) bond motifs is 1. The zero-order valence-corrected chi connectivity index (χ0v) is 15.9. The van der Waals surface area contributed by atoms with E-state index >= 15 is 0 Å². The number of nitrogens with one attached hydrogen (secondary N) is 2. The lowest BCUT2D eigenvalue weighted by Crippen LogP contribution is -2.13. The van der Waals surface area contributed by atoms with Crippen LogP contribution in [0.25, 0.3) is 22.4 Å². The molecule has 0 saturated carbocycles. The van der Waals surface area contributed by atoms with Gasteiger partial charge in [0.25, 0.3) is 5.56 Å². The highest BCUT2D eigenvalue weighted by Crippen LogP contribution is 2.29. The van der Waals surface area contributed by atoms with Crippen LogP contribution in [0.4, 0.5) is 10.5 Å². The monoisotopic (exact) mass is 386 g/mol. The molecule has 0 saturated heterocycles. The van der Waals surface area contributed by atoms with Crippen molar-refractivity contribution in [3.63, 3.8) is 0 Å². The summed E-state index contributed by atoms with van der Waals surface area (Å²) in [5.41, 5.74) is 1.93. The predicted octanol–water partition coefficient (Wildman–Crippen LogP) is 2.55. The normalized spacial score (nSPS) is 11.0. The fourth-order valence-corrected chi connectivity index (χ4v) is 2.91. The minimum atomic E-state index is -1.22. The number of rotatable bonds is 7. The van der Waals surface area contributed by atoms with E-state index in [0.29, 0.717) is 29.6 Å². The number of aryl methyl sites for hydroxylation is 2. The van der Waals surface area contributed by atoms with Crippen molar-refractivity contribution in [3.05, 3.63) is 28.3 Å². The maximum Gasteiger partial charge on any atom is 0.409 e. The second-order valence-corrected chi connectivity index (χ2v) is 6.29. The Balaban J connectivity index is 2.20. The molecule has 148 valence electrons. The summed E-state index contributed by atoms with van der Waals surface area (Å²) in [6, 6.07) is 1.53. The Hall–Kier alpha value is -3.43. The maximum absolute atomic E-state index is 12.7. The van der Waals surface area contributed by atoms with Crippen LogP contribution >= 0.6 is 0 Å². The summed E-state index contributed by atoms with van der Waals surface area (Å²) in [7, 11) is 1.70. The first kappa shape index (κ1) is 19.3. The second-order valence-electron chi connectivity index (χ2n) is 6.29. The Morgan fingerprint density at radius 1 is 1.36 bits per heavy atom. The molecular weight excluding hydrogens is 364 g/mol. The quantitative estimate of drug-likeness (QED) is 0.568. The Morgan fingerprint density at radius 2 is 2.14 bits per heavy atom. The van der Waals surface area contributed by atoms with Crippen LogP contribution in [0.1, 0.15) is 32.4 Å². The van der Waals surface area contributed by atoms with Crippen molar-refractivity contribution in [1.29, 1.82) is 0 Å². The van der Waals surface area contributed by atoms with Gasteiger partial charge in [-0.1, -0.05) is 20.3 Å². The van der Waals surface area contributed by atoms with Crippen LogP contribution in [-0.2, 0) is 13.5 Å². The molecule has 0 aromatic carbocycles. The largest absolute Gasteiger partial charge is 0.477 e. The number of pyridine rings is 1. The van der Waals surface area contributed by atoms with Crippen LogP contribution in [0, 0.1) is 0 Å². The molecule has 0 atom stereocenters. The summed E-state index contributed by atoms with van der Waals surface area (Å²) in [4.78, 5) is 35.2. The van der Waals surface area contributed by atoms with E-state index < -0.39 is 6.09 Å². The molecule has 0 fully saturated rings. The summed E-state index contributed by atoms with van der Waals surface area (Å²) >= 11 is 0. The molecule has 0 aliphatic heterocycles. The molecule has 3 N–H and O–H groups in total. The number of aromatic amines is 1. The first-order valence-corrected chi connectivity index (χ1v) is 9.03. The second kappa shape index (κ2) is 8.07. The van der Waals surface area contributed by atoms with E-state index in [1.54, 1.807) is 7.05 Å². The molecule has 28 heavy (non-hydrogen) atoms. The van der Waals surface area contributed by atoms with E-state index in [-0.39, 0.29) is 23.0 Å². The predicted molar refractivity (Wildman–Crippen MR) is 104 cm³/mol. The Kier molecular flexibility index (Phi) is 5.57. The van der Waals surface area contributed by atoms with Crippen molar-refractivity contribution in [2.45, 2.75) is 33.1 Å². The molecule has 10 nitrogen and oxygen atoms in total. The lowest BCUT2D eigenvalue weighted by Gasteiger charge is -2.11. The number of aromatic nitrogens is 5. The van der Waals surface area contributed by atoms with Gasteiger partial charge in [-0.25, -0.2) is 14.8 Å². The van der Waals surface area contributed by atoms with Crippen molar-refractivity contribution in [2.24, 2.45) is 7.05 Å². The molecule has 3 rings (SSSR count). The highest BCUT2D eigenvalue weighted by molar-refractivity contribution is 5.85. The summed E-state index contributed by atoms with van der Waals surface area (Å²) in [5.74, 6) is 0.511. The summed E-state index contributed by atoms with van der Waals surface area (Å²) in [5, 5.41) is 15.6. The van der Waals surface area contributed by atoms with E-state index in [4.69, 9.17) is 9.84 Å². The fraction of sp³-hybridized carbons (Fsp3) is 0.389. The minimum absolute atomic E-state index is 0.245. The number of H-pyrrole nitrogens is 1. The van der Waals surface area contributed by atoms with Gasteiger partial charge in [0.15, 0.2) is 5.52 Å². The molecular formula is C18H22N6O4. The number of carboxylic acid groups (broad SMARTS) is 1. The smallest absolute Gasteiger partial charge is 0.409 e. The summed E-state index contributed by atoms with van der Waals surface area (Å²) < 4.78 is 7.19. The van der Waals surface area contributed by atoms with Gasteiger partial charge in [0, 0.05) is 7.05 Å². The van der Waals surface area contributed by atoms with Gasteiger partial charge >= 0.3 is 6.09 Å². The van der Waals surface area contributed by atoms with Crippen LogP contribution in [-0.4, -0.2) is 42.5 Å². The van der Waals surface area contributed by atoms with E-state index in [1.165, 1.54) is 16.9 Å². The zero-order chi connectivity index (χ0) is 20.3. The third-order valence-electron chi connectivity index (χ3n) is 4.05. The third kappa shape index (κ3) is 3.80. The van der Waals surface area contributed by atoms with Crippen molar-refractivity contribution < 1.29 is 14.6 Å². The highest BCUT2D eigenvalue weighted by atomic mass is 16.5. The summed E-state index contributed by atoms with van der Waals surface area (Å²) in [6.45, 7) is 4.40. The number of hydrogen-bond acceptors (Lipinski definition) is 6. The highest BCUT2D eigenvalue weighted by Gasteiger charge is 2.18. The van der Waals surface area contributed by atoms with Crippen LogP contribution < -0.4 is 15.6 Å². The standard InChI is InChI=1S/C18H22N6O4/c1-4-6-12-13-14(24(3)23-12)16(25)22-15(21-13)11-8-10(20-18(26)27)9-19-17(11)28-7-5-2/h8-9,20H,4-7H2,1-3H3,(H,26,27)(H,21,22,25). The lowest BCUT2D eigenvalue weighted by atomic mass is 10.2. The Morgan fingerprint density at radius 3 is 2.82 bits per heavy atom. The van der Waals surface area contributed by atoms with Crippen molar-refractivity contribution in [3.8, 4) is 17.3 Å². The molecule has 0 aliphatic rings. The number of hydrogen-bond donors (Lipinski definition) is 3. The van der Waals surface area contributed by atoms with E-state index in [1.807, 2.05) is 13.8 Å². The van der Waals surface area contributed by atoms with Crippen molar-refractivity contribution in [1.82, 2.24) is 24.7 Å². The van der Waals surface area contributed by atoms with E-state index in [2.05, 4.69) is 25.4 Å². The number of ether oxygens (including phenoxy) is 1. The number of carbonyl (C=O) groups is 1. The molecule has 3 aromatic heterocycles. The Labute approximate surface area is 160 Å². The molecule has 0 radical (unpaired) electrons. The number of nitrogens with zero attached hydrogens (tertiary/aromatic N) is 4. The van der Waals surface area contributed by atoms with Crippen molar-refractivity contribution in [2.75, 3.05) is 11.9 Å². The van der Waals surface area contributed by atoms with Crippen LogP contribution in [0.5, 0.6) is 5.88 Å². The van der Waals surface area contributed by atoms with Gasteiger partial charge in [-0.2, -0.15) is 5.10 Å². The first-order chi connectivity index (χ1) is 13.4. The van der Waals surface area contributed by atoms with Crippen LogP contribution in [0.3, 0.4) is 0 Å². The summed E-state index contributed by atoms with van der Waals surface area (Å²) in [6.07, 6.45) is 2.45. The number of anilines is 1. The van der Waals surface area contributed by atoms with Gasteiger partial charge in [0.05, 0.1) is 29.7 Å². The van der Waals surface area contributed by atoms with E-state index in [9.17, 15) is 9.59 Å². The number of amides is 1. The van der Waals surface area contributed by atoms with Gasteiger partial charge in [-0.3, -0.25) is 14.8 Å². The molecule has 0 spiro atoms. The SMILES string of the molecule is CCCOc1ncc(NC(=O)O)cc1-c1nc2c(CCC)nn(C)c2c(=O)[nH]1. The van der Waals surface area contributed by atoms with Gasteiger partial charge in [0.1, 0.15) is 11.3 Å². The van der Waals surface area contributed by atoms with Gasteiger partial charge in [-0.15, -0.1) is 0 Å². The third-order valence-corrected chi connectivity index (χ3v) is 4.05.